The molecule has 1 saturated heterocycles. The lowest BCUT2D eigenvalue weighted by molar-refractivity contribution is 0.764. The van der Waals surface area contributed by atoms with E-state index in [0.29, 0.717) is 5.92 Å². The van der Waals surface area contributed by atoms with Gasteiger partial charge in [0.05, 0.1) is 0 Å². The summed E-state index contributed by atoms with van der Waals surface area (Å²) < 4.78 is 0. The summed E-state index contributed by atoms with van der Waals surface area (Å²) in [5, 5.41) is 14.1. The van der Waals surface area contributed by atoms with Crippen LogP contribution in [0.1, 0.15) is 17.9 Å². The molecule has 14 heavy (non-hydrogen) atoms. The van der Waals surface area contributed by atoms with Crippen molar-refractivity contribution in [1.29, 1.82) is 0 Å². The van der Waals surface area contributed by atoms with Crippen LogP contribution >= 0.6 is 0 Å². The first-order valence-corrected chi connectivity index (χ1v) is 4.94. The molecule has 72 valence electrons. The number of nitrogens with one attached hydrogen (secondary N) is 2. The van der Waals surface area contributed by atoms with Gasteiger partial charge in [-0.15, -0.1) is 0 Å². The molecule has 4 heteroatoms. The average Bonchev–Trinajstić information content (AvgIpc) is 2.88. The van der Waals surface area contributed by atoms with E-state index in [1.807, 2.05) is 6.07 Å². The average molecular weight is 188 g/mol. The van der Waals surface area contributed by atoms with E-state index in [0.717, 1.165) is 24.1 Å². The van der Waals surface area contributed by atoms with Crippen molar-refractivity contribution in [3.8, 4) is 0 Å². The van der Waals surface area contributed by atoms with Crippen LogP contribution in [0.4, 0.5) is 0 Å². The zero-order chi connectivity index (χ0) is 9.38. The lowest BCUT2D eigenvalue weighted by Gasteiger charge is -2.07. The fourth-order valence-corrected chi connectivity index (χ4v) is 2.05. The molecule has 0 amide bonds. The highest BCUT2D eigenvalue weighted by Gasteiger charge is 2.16. The van der Waals surface area contributed by atoms with Crippen LogP contribution in [0.15, 0.2) is 18.2 Å². The van der Waals surface area contributed by atoms with E-state index in [2.05, 4.69) is 32.9 Å². The summed E-state index contributed by atoms with van der Waals surface area (Å²) in [7, 11) is 0. The number of hydrogen-bond acceptors (Lipinski definition) is 3. The van der Waals surface area contributed by atoms with Gasteiger partial charge in [-0.1, -0.05) is 6.07 Å². The van der Waals surface area contributed by atoms with Gasteiger partial charge >= 0.3 is 0 Å². The molecule has 1 unspecified atom stereocenters. The molecule has 2 heterocycles. The standard InChI is InChI=1S/C10H12N4/c1-2-9-10(13-14-12-9)5-7(1)8-3-4-11-6-8/h1-2,5,8,11H,3-4,6H2,(H,12,13,14). The quantitative estimate of drug-likeness (QED) is 0.703. The molecule has 1 fully saturated rings. The van der Waals surface area contributed by atoms with Gasteiger partial charge < -0.3 is 5.32 Å². The summed E-state index contributed by atoms with van der Waals surface area (Å²) in [5.41, 5.74) is 3.28. The van der Waals surface area contributed by atoms with Crippen LogP contribution in [0.25, 0.3) is 11.0 Å². The molecule has 0 saturated carbocycles. The Bertz CT molecular complexity index is 442. The van der Waals surface area contributed by atoms with Crippen LogP contribution in [0.2, 0.25) is 0 Å². The minimum Gasteiger partial charge on any atom is -0.316 e. The van der Waals surface area contributed by atoms with Gasteiger partial charge in [0.15, 0.2) is 0 Å². The Morgan fingerprint density at radius 2 is 2.14 bits per heavy atom. The maximum atomic E-state index is 4.09. The summed E-state index contributed by atoms with van der Waals surface area (Å²) in [4.78, 5) is 0. The zero-order valence-corrected chi connectivity index (χ0v) is 7.83. The largest absolute Gasteiger partial charge is 0.316 e. The van der Waals surface area contributed by atoms with Crippen LogP contribution < -0.4 is 5.32 Å². The van der Waals surface area contributed by atoms with E-state index in [4.69, 9.17) is 0 Å². The maximum Gasteiger partial charge on any atom is 0.113 e. The first-order chi connectivity index (χ1) is 6.93. The Kier molecular flexibility index (Phi) is 1.73. The molecule has 1 aromatic carbocycles. The van der Waals surface area contributed by atoms with Gasteiger partial charge in [-0.05, 0) is 36.6 Å². The van der Waals surface area contributed by atoms with E-state index in [1.54, 1.807) is 0 Å². The van der Waals surface area contributed by atoms with Gasteiger partial charge in [0, 0.05) is 6.54 Å². The molecule has 3 rings (SSSR count). The van der Waals surface area contributed by atoms with Crippen LogP contribution in [0, 0.1) is 0 Å². The molecular weight excluding hydrogens is 176 g/mol. The number of hydrogen-bond donors (Lipinski definition) is 2. The number of aromatic nitrogens is 3. The first kappa shape index (κ1) is 7.94. The third-order valence-electron chi connectivity index (χ3n) is 2.87. The molecule has 0 radical (unpaired) electrons. The van der Waals surface area contributed by atoms with Crippen molar-refractivity contribution in [2.45, 2.75) is 12.3 Å². The van der Waals surface area contributed by atoms with Gasteiger partial charge in [-0.2, -0.15) is 15.4 Å². The van der Waals surface area contributed by atoms with Crippen molar-refractivity contribution in [2.75, 3.05) is 13.1 Å². The predicted octanol–water partition coefficient (Wildman–Crippen LogP) is 1.03. The molecule has 1 aliphatic rings. The summed E-state index contributed by atoms with van der Waals surface area (Å²) >= 11 is 0. The van der Waals surface area contributed by atoms with E-state index in [9.17, 15) is 0 Å². The third kappa shape index (κ3) is 1.19. The molecule has 0 aliphatic carbocycles. The van der Waals surface area contributed by atoms with Gasteiger partial charge in [0.2, 0.25) is 0 Å². The molecule has 0 spiro atoms. The van der Waals surface area contributed by atoms with Crippen molar-refractivity contribution in [3.63, 3.8) is 0 Å². The summed E-state index contributed by atoms with van der Waals surface area (Å²) in [5.74, 6) is 0.649. The lowest BCUT2D eigenvalue weighted by atomic mass is 9.98. The summed E-state index contributed by atoms with van der Waals surface area (Å²) in [6.45, 7) is 2.21. The van der Waals surface area contributed by atoms with Crippen molar-refractivity contribution in [3.05, 3.63) is 23.8 Å². The molecule has 0 bridgehead atoms. The van der Waals surface area contributed by atoms with E-state index < -0.39 is 0 Å². The number of rotatable bonds is 1. The van der Waals surface area contributed by atoms with Gasteiger partial charge in [-0.3, -0.25) is 0 Å². The van der Waals surface area contributed by atoms with Gasteiger partial charge in [0.1, 0.15) is 11.0 Å². The van der Waals surface area contributed by atoms with Crippen molar-refractivity contribution in [2.24, 2.45) is 0 Å². The Morgan fingerprint density at radius 1 is 1.21 bits per heavy atom. The monoisotopic (exact) mass is 188 g/mol. The maximum absolute atomic E-state index is 4.09. The fourth-order valence-electron chi connectivity index (χ4n) is 2.05. The number of H-pyrrole nitrogens is 1. The fraction of sp³-hybridized carbons (Fsp3) is 0.400. The second kappa shape index (κ2) is 3.06. The summed E-state index contributed by atoms with van der Waals surface area (Å²) in [6, 6.07) is 6.32. The number of aromatic amines is 1. The smallest absolute Gasteiger partial charge is 0.113 e. The normalized spacial score (nSPS) is 21.9. The Morgan fingerprint density at radius 3 is 3.00 bits per heavy atom. The predicted molar refractivity (Wildman–Crippen MR) is 54.1 cm³/mol. The van der Waals surface area contributed by atoms with E-state index >= 15 is 0 Å². The minimum atomic E-state index is 0.649. The second-order valence-corrected chi connectivity index (χ2v) is 3.76. The zero-order valence-electron chi connectivity index (χ0n) is 7.83. The molecule has 1 aliphatic heterocycles. The topological polar surface area (TPSA) is 53.6 Å². The Hall–Kier alpha value is -1.42. The van der Waals surface area contributed by atoms with Crippen LogP contribution in [0.3, 0.4) is 0 Å². The van der Waals surface area contributed by atoms with Crippen LogP contribution in [-0.4, -0.2) is 28.5 Å². The van der Waals surface area contributed by atoms with Crippen LogP contribution in [-0.2, 0) is 0 Å². The highest BCUT2D eigenvalue weighted by molar-refractivity contribution is 5.74. The Labute approximate surface area is 81.7 Å². The minimum absolute atomic E-state index is 0.649. The number of fused-ring (bicyclic) bond motifs is 1. The lowest BCUT2D eigenvalue weighted by Crippen LogP contribution is -2.07. The number of benzene rings is 1. The number of nitrogens with zero attached hydrogens (tertiary/aromatic N) is 2. The molecule has 1 atom stereocenters. The SMILES string of the molecule is c1cc2n[nH]nc2cc1C1CCNC1. The second-order valence-electron chi connectivity index (χ2n) is 3.76. The summed E-state index contributed by atoms with van der Waals surface area (Å²) in [6.07, 6.45) is 1.23. The first-order valence-electron chi connectivity index (χ1n) is 4.94. The van der Waals surface area contributed by atoms with Gasteiger partial charge in [0.25, 0.3) is 0 Å². The molecule has 2 aromatic rings. The third-order valence-corrected chi connectivity index (χ3v) is 2.87. The van der Waals surface area contributed by atoms with Gasteiger partial charge in [-0.25, -0.2) is 0 Å². The Balaban J connectivity index is 2.04. The van der Waals surface area contributed by atoms with Crippen molar-refractivity contribution in [1.82, 2.24) is 20.7 Å². The highest BCUT2D eigenvalue weighted by Crippen LogP contribution is 2.24. The van der Waals surface area contributed by atoms with E-state index in [1.165, 1.54) is 12.0 Å². The molecule has 1 aromatic heterocycles. The molecule has 4 nitrogen and oxygen atoms in total. The van der Waals surface area contributed by atoms with E-state index in [-0.39, 0.29) is 0 Å². The molecular formula is C10H12N4. The molecule has 2 N–H and O–H groups in total. The van der Waals surface area contributed by atoms with Crippen molar-refractivity contribution >= 4 is 11.0 Å². The highest BCUT2D eigenvalue weighted by atomic mass is 15.3. The van der Waals surface area contributed by atoms with Crippen molar-refractivity contribution < 1.29 is 0 Å². The van der Waals surface area contributed by atoms with Crippen LogP contribution in [0.5, 0.6) is 0 Å².